The summed E-state index contributed by atoms with van der Waals surface area (Å²) in [7, 11) is 0. The minimum absolute atomic E-state index is 0.0309. The van der Waals surface area contributed by atoms with E-state index in [9.17, 15) is 9.59 Å². The third-order valence-electron chi connectivity index (χ3n) is 8.99. The van der Waals surface area contributed by atoms with Crippen LogP contribution in [0.1, 0.15) is 61.7 Å². The third-order valence-corrected chi connectivity index (χ3v) is 8.99. The van der Waals surface area contributed by atoms with Crippen LogP contribution in [0.15, 0.2) is 42.5 Å². The van der Waals surface area contributed by atoms with Crippen LogP contribution in [0.25, 0.3) is 10.8 Å². The lowest BCUT2D eigenvalue weighted by atomic mass is 9.84. The van der Waals surface area contributed by atoms with Crippen molar-refractivity contribution in [1.29, 1.82) is 0 Å². The summed E-state index contributed by atoms with van der Waals surface area (Å²) in [6.45, 7) is 5.29. The second-order valence-electron chi connectivity index (χ2n) is 11.3. The Labute approximate surface area is 214 Å². The highest BCUT2D eigenvalue weighted by Gasteiger charge is 2.48. The van der Waals surface area contributed by atoms with Gasteiger partial charge in [-0.25, -0.2) is 0 Å². The molecule has 2 aromatic rings. The first-order valence-electron chi connectivity index (χ1n) is 14.1. The van der Waals surface area contributed by atoms with Crippen molar-refractivity contribution >= 4 is 22.6 Å². The minimum atomic E-state index is -0.332. The van der Waals surface area contributed by atoms with Crippen LogP contribution in [-0.4, -0.2) is 84.0 Å². The molecule has 1 unspecified atom stereocenters. The first-order chi connectivity index (χ1) is 17.7. The van der Waals surface area contributed by atoms with Crippen molar-refractivity contribution < 1.29 is 14.3 Å². The van der Waals surface area contributed by atoms with E-state index >= 15 is 0 Å². The molecular weight excluding hydrogens is 450 g/mol. The lowest BCUT2D eigenvalue weighted by Gasteiger charge is -2.35. The van der Waals surface area contributed by atoms with Crippen LogP contribution >= 0.6 is 0 Å². The van der Waals surface area contributed by atoms with Gasteiger partial charge in [0.05, 0.1) is 6.10 Å². The molecule has 4 aliphatic rings. The van der Waals surface area contributed by atoms with Crippen LogP contribution in [0, 0.1) is 5.92 Å². The predicted octanol–water partition coefficient (Wildman–Crippen LogP) is 4.33. The number of carbonyl (C=O) groups excluding carboxylic acids is 2. The fourth-order valence-electron chi connectivity index (χ4n) is 7.11. The highest BCUT2D eigenvalue weighted by Crippen LogP contribution is 2.41. The average molecular weight is 490 g/mol. The maximum atomic E-state index is 14.0. The molecule has 3 saturated heterocycles. The molecular formula is C30H39N3O3. The van der Waals surface area contributed by atoms with Gasteiger partial charge in [-0.05, 0) is 73.9 Å². The number of ether oxygens (including phenoxy) is 1. The number of hydrogen-bond acceptors (Lipinski definition) is 4. The second kappa shape index (κ2) is 10.5. The maximum Gasteiger partial charge on any atom is 0.254 e. The van der Waals surface area contributed by atoms with Crippen molar-refractivity contribution in [3.8, 4) is 0 Å². The number of likely N-dealkylation sites (tertiary alicyclic amines) is 1. The van der Waals surface area contributed by atoms with Gasteiger partial charge in [-0.15, -0.1) is 0 Å². The average Bonchev–Trinajstić information content (AvgIpc) is 3.50. The van der Waals surface area contributed by atoms with E-state index in [1.807, 2.05) is 35.2 Å². The van der Waals surface area contributed by atoms with E-state index in [-0.39, 0.29) is 23.9 Å². The van der Waals surface area contributed by atoms with Crippen molar-refractivity contribution in [3.05, 3.63) is 48.0 Å². The first-order valence-corrected chi connectivity index (χ1v) is 14.1. The summed E-state index contributed by atoms with van der Waals surface area (Å²) in [5.74, 6) is 0.640. The van der Waals surface area contributed by atoms with Gasteiger partial charge in [0, 0.05) is 44.4 Å². The summed E-state index contributed by atoms with van der Waals surface area (Å²) in [5.41, 5.74) is 0.705. The monoisotopic (exact) mass is 489 g/mol. The summed E-state index contributed by atoms with van der Waals surface area (Å²) in [5, 5.41) is 2.21. The zero-order valence-corrected chi connectivity index (χ0v) is 21.3. The van der Waals surface area contributed by atoms with Crippen LogP contribution in [0.5, 0.6) is 0 Å². The molecule has 2 amide bonds. The Kier molecular flexibility index (Phi) is 6.98. The molecule has 0 N–H and O–H groups in total. The highest BCUT2D eigenvalue weighted by molar-refractivity contribution is 6.01. The van der Waals surface area contributed by atoms with Crippen LogP contribution in [0.4, 0.5) is 0 Å². The Morgan fingerprint density at radius 2 is 1.72 bits per heavy atom. The molecule has 2 aromatic carbocycles. The fraction of sp³-hybridized carbons (Fsp3) is 0.600. The van der Waals surface area contributed by atoms with Crippen molar-refractivity contribution in [2.45, 2.75) is 69.6 Å². The Morgan fingerprint density at radius 3 is 2.58 bits per heavy atom. The normalized spacial score (nSPS) is 29.3. The molecule has 1 aliphatic carbocycles. The zero-order chi connectivity index (χ0) is 24.5. The molecule has 0 bridgehead atoms. The van der Waals surface area contributed by atoms with Gasteiger partial charge in [-0.1, -0.05) is 43.2 Å². The molecule has 4 atom stereocenters. The lowest BCUT2D eigenvalue weighted by Crippen LogP contribution is -2.51. The SMILES string of the molecule is O=C([C@@H]1C[C@@H]2CCCC[C@@H]2N1C(=O)c1ccc2ccccc2c1)N1CCCN(CC2CCCO2)CC1. The molecule has 36 heavy (non-hydrogen) atoms. The molecule has 4 fully saturated rings. The number of fused-ring (bicyclic) bond motifs is 2. The van der Waals surface area contributed by atoms with Gasteiger partial charge in [0.1, 0.15) is 6.04 Å². The molecule has 6 rings (SSSR count). The summed E-state index contributed by atoms with van der Waals surface area (Å²) in [6, 6.07) is 14.0. The molecule has 192 valence electrons. The Morgan fingerprint density at radius 1 is 0.861 bits per heavy atom. The molecule has 0 spiro atoms. The van der Waals surface area contributed by atoms with Crippen molar-refractivity contribution in [2.75, 3.05) is 39.3 Å². The first kappa shape index (κ1) is 23.9. The van der Waals surface area contributed by atoms with E-state index in [4.69, 9.17) is 4.74 Å². The summed E-state index contributed by atoms with van der Waals surface area (Å²) in [4.78, 5) is 34.5. The highest BCUT2D eigenvalue weighted by atomic mass is 16.5. The van der Waals surface area contributed by atoms with Gasteiger partial charge in [0.15, 0.2) is 0 Å². The number of nitrogens with zero attached hydrogens (tertiary/aromatic N) is 3. The Bertz CT molecular complexity index is 1100. The third kappa shape index (κ3) is 4.78. The molecule has 6 heteroatoms. The molecule has 0 radical (unpaired) electrons. The maximum absolute atomic E-state index is 14.0. The summed E-state index contributed by atoms with van der Waals surface area (Å²) >= 11 is 0. The minimum Gasteiger partial charge on any atom is -0.377 e. The summed E-state index contributed by atoms with van der Waals surface area (Å²) in [6.07, 6.45) is 8.96. The van der Waals surface area contributed by atoms with Gasteiger partial charge in [0.25, 0.3) is 5.91 Å². The molecule has 1 saturated carbocycles. The van der Waals surface area contributed by atoms with Crippen molar-refractivity contribution in [2.24, 2.45) is 5.92 Å². The number of benzene rings is 2. The summed E-state index contributed by atoms with van der Waals surface area (Å²) < 4.78 is 5.85. The molecule has 3 aliphatic heterocycles. The largest absolute Gasteiger partial charge is 0.377 e. The topological polar surface area (TPSA) is 53.1 Å². The van der Waals surface area contributed by atoms with E-state index < -0.39 is 0 Å². The zero-order valence-electron chi connectivity index (χ0n) is 21.3. The fourth-order valence-corrected chi connectivity index (χ4v) is 7.11. The molecule has 0 aromatic heterocycles. The lowest BCUT2D eigenvalue weighted by molar-refractivity contribution is -0.135. The second-order valence-corrected chi connectivity index (χ2v) is 11.3. The van der Waals surface area contributed by atoms with Crippen molar-refractivity contribution in [1.82, 2.24) is 14.7 Å². The van der Waals surface area contributed by atoms with Gasteiger partial charge < -0.3 is 14.5 Å². The number of hydrogen-bond donors (Lipinski definition) is 0. The van der Waals surface area contributed by atoms with Crippen LogP contribution in [0.2, 0.25) is 0 Å². The van der Waals surface area contributed by atoms with Crippen LogP contribution in [0.3, 0.4) is 0 Å². The number of rotatable bonds is 4. The smallest absolute Gasteiger partial charge is 0.254 e. The van der Waals surface area contributed by atoms with E-state index in [0.717, 1.165) is 95.0 Å². The number of amides is 2. The van der Waals surface area contributed by atoms with E-state index in [1.54, 1.807) is 0 Å². The molecule has 6 nitrogen and oxygen atoms in total. The molecule has 3 heterocycles. The van der Waals surface area contributed by atoms with Gasteiger partial charge >= 0.3 is 0 Å². The predicted molar refractivity (Wildman–Crippen MR) is 141 cm³/mol. The van der Waals surface area contributed by atoms with E-state index in [1.165, 1.54) is 6.42 Å². The van der Waals surface area contributed by atoms with Gasteiger partial charge in [0.2, 0.25) is 5.91 Å². The van der Waals surface area contributed by atoms with Crippen molar-refractivity contribution in [3.63, 3.8) is 0 Å². The number of carbonyl (C=O) groups is 2. The van der Waals surface area contributed by atoms with E-state index in [2.05, 4.69) is 21.9 Å². The quantitative estimate of drug-likeness (QED) is 0.642. The standard InChI is InChI=1S/C30H39N3O3/c34-29(25-13-12-22-7-1-2-8-23(22)19-25)33-27-11-4-3-9-24(27)20-28(33)30(35)32-15-6-14-31(16-17-32)21-26-10-5-18-36-26/h1-2,7-8,12-13,19,24,26-28H,3-6,9-11,14-18,20-21H2/t24-,26?,27-,28-/m0/s1. The van der Waals surface area contributed by atoms with Crippen LogP contribution in [-0.2, 0) is 9.53 Å². The van der Waals surface area contributed by atoms with Crippen LogP contribution < -0.4 is 0 Å². The Balaban J connectivity index is 1.20. The van der Waals surface area contributed by atoms with E-state index in [0.29, 0.717) is 17.6 Å². The van der Waals surface area contributed by atoms with Gasteiger partial charge in [-0.2, -0.15) is 0 Å². The van der Waals surface area contributed by atoms with Gasteiger partial charge in [-0.3, -0.25) is 14.5 Å². The Hall–Kier alpha value is -2.44.